The first kappa shape index (κ1) is 20.8. The molecule has 0 N–H and O–H groups in total. The maximum atomic E-state index is 4.91. The van der Waals surface area contributed by atoms with E-state index in [2.05, 4.69) is 96.3 Å². The zero-order chi connectivity index (χ0) is 21.1. The number of rotatable bonds is 6. The highest BCUT2D eigenvalue weighted by atomic mass is 14.8. The van der Waals surface area contributed by atoms with Crippen molar-refractivity contribution in [2.45, 2.75) is 41.0 Å². The fourth-order valence-corrected chi connectivity index (χ4v) is 4.34. The van der Waals surface area contributed by atoms with Crippen molar-refractivity contribution in [2.75, 3.05) is 0 Å². The smallest absolute Gasteiger partial charge is 0.0552 e. The molecule has 29 heavy (non-hydrogen) atoms. The number of benzene rings is 2. The SMILES string of the molecule is C=C/C(=C\C)c1cc(C2=NC(C)=C(C(=C)C)C2C)ccc1Cc1ccccc1C. The molecule has 2 aromatic rings. The molecule has 0 bridgehead atoms. The summed E-state index contributed by atoms with van der Waals surface area (Å²) < 4.78 is 0. The lowest BCUT2D eigenvalue weighted by atomic mass is 9.86. The molecule has 1 heteroatoms. The Morgan fingerprint density at radius 1 is 1.10 bits per heavy atom. The maximum absolute atomic E-state index is 4.91. The van der Waals surface area contributed by atoms with Gasteiger partial charge in [0.25, 0.3) is 0 Å². The molecule has 0 amide bonds. The second kappa shape index (κ2) is 8.61. The number of allylic oxidation sites excluding steroid dienone is 6. The minimum absolute atomic E-state index is 0.264. The van der Waals surface area contributed by atoms with Gasteiger partial charge in [-0.2, -0.15) is 0 Å². The molecule has 0 fully saturated rings. The van der Waals surface area contributed by atoms with E-state index in [4.69, 9.17) is 4.99 Å². The van der Waals surface area contributed by atoms with Gasteiger partial charge in [-0.25, -0.2) is 0 Å². The van der Waals surface area contributed by atoms with Crippen molar-refractivity contribution in [3.05, 3.63) is 112 Å². The van der Waals surface area contributed by atoms with Gasteiger partial charge in [0.15, 0.2) is 0 Å². The predicted octanol–water partition coefficient (Wildman–Crippen LogP) is 7.46. The number of aryl methyl sites for hydroxylation is 1. The van der Waals surface area contributed by atoms with Crippen LogP contribution in [0.4, 0.5) is 0 Å². The van der Waals surface area contributed by atoms with Crippen LogP contribution in [-0.4, -0.2) is 5.71 Å². The Kier molecular flexibility index (Phi) is 6.17. The van der Waals surface area contributed by atoms with E-state index in [1.54, 1.807) is 0 Å². The van der Waals surface area contributed by atoms with E-state index < -0.39 is 0 Å². The lowest BCUT2D eigenvalue weighted by Crippen LogP contribution is -2.12. The Hall–Kier alpha value is -2.93. The first-order valence-corrected chi connectivity index (χ1v) is 10.3. The Labute approximate surface area is 175 Å². The van der Waals surface area contributed by atoms with Gasteiger partial charge in [0.2, 0.25) is 0 Å². The molecule has 1 aliphatic heterocycles. The van der Waals surface area contributed by atoms with Crippen molar-refractivity contribution in [1.29, 1.82) is 0 Å². The van der Waals surface area contributed by atoms with E-state index in [1.165, 1.54) is 33.4 Å². The van der Waals surface area contributed by atoms with Crippen LogP contribution >= 0.6 is 0 Å². The number of hydrogen-bond donors (Lipinski definition) is 0. The van der Waals surface area contributed by atoms with Gasteiger partial charge >= 0.3 is 0 Å². The molecule has 0 aliphatic carbocycles. The molecule has 1 aliphatic rings. The monoisotopic (exact) mass is 381 g/mol. The Balaban J connectivity index is 2.06. The molecule has 1 nitrogen and oxygen atoms in total. The molecule has 2 aromatic carbocycles. The van der Waals surface area contributed by atoms with Crippen molar-refractivity contribution < 1.29 is 0 Å². The second-order valence-electron chi connectivity index (χ2n) is 7.92. The van der Waals surface area contributed by atoms with Crippen LogP contribution in [0.5, 0.6) is 0 Å². The summed E-state index contributed by atoms with van der Waals surface area (Å²) in [4.78, 5) is 4.91. The molecule has 1 atom stereocenters. The number of nitrogens with zero attached hydrogens (tertiary/aromatic N) is 1. The van der Waals surface area contributed by atoms with Crippen molar-refractivity contribution in [3.63, 3.8) is 0 Å². The van der Waals surface area contributed by atoms with Crippen LogP contribution in [0.15, 0.2) is 89.6 Å². The molecule has 148 valence electrons. The van der Waals surface area contributed by atoms with Crippen molar-refractivity contribution >= 4 is 11.3 Å². The molecule has 1 unspecified atom stereocenters. The van der Waals surface area contributed by atoms with Crippen molar-refractivity contribution in [3.8, 4) is 0 Å². The summed E-state index contributed by atoms with van der Waals surface area (Å²) in [6.45, 7) is 18.8. The van der Waals surface area contributed by atoms with Crippen LogP contribution < -0.4 is 0 Å². The first-order chi connectivity index (χ1) is 13.9. The lowest BCUT2D eigenvalue weighted by Gasteiger charge is -2.17. The van der Waals surface area contributed by atoms with E-state index in [0.717, 1.165) is 29.0 Å². The highest BCUT2D eigenvalue weighted by molar-refractivity contribution is 6.07. The van der Waals surface area contributed by atoms with Crippen LogP contribution in [-0.2, 0) is 6.42 Å². The molecule has 0 radical (unpaired) electrons. The van der Waals surface area contributed by atoms with Gasteiger partial charge in [-0.05, 0) is 79.1 Å². The van der Waals surface area contributed by atoms with Crippen molar-refractivity contribution in [1.82, 2.24) is 0 Å². The fraction of sp³-hybridized carbons (Fsp3) is 0.250. The molecular weight excluding hydrogens is 350 g/mol. The summed E-state index contributed by atoms with van der Waals surface area (Å²) >= 11 is 0. The quantitative estimate of drug-likeness (QED) is 0.460. The van der Waals surface area contributed by atoms with Gasteiger partial charge in [0.05, 0.1) is 5.71 Å². The fourth-order valence-electron chi connectivity index (χ4n) is 4.34. The summed E-state index contributed by atoms with van der Waals surface area (Å²) in [6, 6.07) is 15.4. The topological polar surface area (TPSA) is 12.4 Å². The largest absolute Gasteiger partial charge is 0.257 e. The zero-order valence-corrected chi connectivity index (χ0v) is 18.3. The lowest BCUT2D eigenvalue weighted by molar-refractivity contribution is 0.939. The van der Waals surface area contributed by atoms with E-state index in [0.29, 0.717) is 0 Å². The normalized spacial score (nSPS) is 16.8. The van der Waals surface area contributed by atoms with Gasteiger partial charge < -0.3 is 0 Å². The Morgan fingerprint density at radius 3 is 2.41 bits per heavy atom. The van der Waals surface area contributed by atoms with Gasteiger partial charge in [0, 0.05) is 11.6 Å². The summed E-state index contributed by atoms with van der Waals surface area (Å²) in [5.41, 5.74) is 12.1. The molecular formula is C28H31N. The molecule has 0 aromatic heterocycles. The van der Waals surface area contributed by atoms with Crippen LogP contribution in [0.2, 0.25) is 0 Å². The van der Waals surface area contributed by atoms with E-state index in [-0.39, 0.29) is 5.92 Å². The van der Waals surface area contributed by atoms with Crippen LogP contribution in [0, 0.1) is 12.8 Å². The second-order valence-corrected chi connectivity index (χ2v) is 7.92. The molecule has 3 rings (SSSR count). The third-order valence-corrected chi connectivity index (χ3v) is 5.87. The van der Waals surface area contributed by atoms with Gasteiger partial charge in [-0.15, -0.1) is 0 Å². The Bertz CT molecular complexity index is 1060. The molecule has 0 spiro atoms. The third kappa shape index (κ3) is 4.10. The van der Waals surface area contributed by atoms with E-state index in [9.17, 15) is 0 Å². The summed E-state index contributed by atoms with van der Waals surface area (Å²) in [5.74, 6) is 0.264. The van der Waals surface area contributed by atoms with Gasteiger partial charge in [-0.3, -0.25) is 4.99 Å². The van der Waals surface area contributed by atoms with Crippen LogP contribution in [0.3, 0.4) is 0 Å². The highest BCUT2D eigenvalue weighted by Gasteiger charge is 2.26. The zero-order valence-electron chi connectivity index (χ0n) is 18.3. The third-order valence-electron chi connectivity index (χ3n) is 5.87. The standard InChI is InChI=1S/C28H31N/c1-8-22(9-2)26-17-25(28-20(6)27(18(3)4)21(7)29-28)15-14-24(26)16-23-13-11-10-12-19(23)5/h8-15,17,20H,1,3,16H2,2,4-7H3/b22-9+. The first-order valence-electron chi connectivity index (χ1n) is 10.3. The van der Waals surface area contributed by atoms with Gasteiger partial charge in [0.1, 0.15) is 0 Å². The predicted molar refractivity (Wildman–Crippen MR) is 127 cm³/mol. The molecule has 1 heterocycles. The summed E-state index contributed by atoms with van der Waals surface area (Å²) in [6.07, 6.45) is 4.99. The van der Waals surface area contributed by atoms with Gasteiger partial charge in [-0.1, -0.05) is 74.2 Å². The molecule has 0 saturated carbocycles. The average Bonchev–Trinajstić information content (AvgIpc) is 3.00. The van der Waals surface area contributed by atoms with Crippen LogP contribution in [0.1, 0.15) is 55.5 Å². The van der Waals surface area contributed by atoms with Crippen molar-refractivity contribution in [2.24, 2.45) is 10.9 Å². The number of aliphatic imine (C=N–C) groups is 1. The van der Waals surface area contributed by atoms with Crippen LogP contribution in [0.25, 0.3) is 5.57 Å². The highest BCUT2D eigenvalue weighted by Crippen LogP contribution is 2.34. The van der Waals surface area contributed by atoms with E-state index in [1.807, 2.05) is 6.08 Å². The molecule has 0 saturated heterocycles. The Morgan fingerprint density at radius 2 is 1.83 bits per heavy atom. The minimum Gasteiger partial charge on any atom is -0.257 e. The van der Waals surface area contributed by atoms with E-state index >= 15 is 0 Å². The summed E-state index contributed by atoms with van der Waals surface area (Å²) in [5, 5.41) is 0. The maximum Gasteiger partial charge on any atom is 0.0552 e. The summed E-state index contributed by atoms with van der Waals surface area (Å²) in [7, 11) is 0. The number of hydrogen-bond acceptors (Lipinski definition) is 1. The average molecular weight is 382 g/mol. The minimum atomic E-state index is 0.264.